The molecular formula is C22H30N4O3. The van der Waals surface area contributed by atoms with E-state index in [4.69, 9.17) is 9.47 Å². The lowest BCUT2D eigenvalue weighted by molar-refractivity contribution is 0.0575. The molecule has 1 aromatic carbocycles. The Balaban J connectivity index is 1.40. The summed E-state index contributed by atoms with van der Waals surface area (Å²) in [7, 11) is 3.21. The van der Waals surface area contributed by atoms with Crippen molar-refractivity contribution in [2.45, 2.75) is 38.1 Å². The number of amides is 1. The Morgan fingerprint density at radius 2 is 1.97 bits per heavy atom. The summed E-state index contributed by atoms with van der Waals surface area (Å²) >= 11 is 0. The molecule has 7 heteroatoms. The summed E-state index contributed by atoms with van der Waals surface area (Å²) in [4.78, 5) is 15.3. The number of nitrogens with one attached hydrogen (secondary N) is 2. The fraction of sp³-hybridized carbons (Fsp3) is 0.545. The Kier molecular flexibility index (Phi) is 6.04. The van der Waals surface area contributed by atoms with Gasteiger partial charge in [0, 0.05) is 18.2 Å². The molecule has 0 aliphatic carbocycles. The van der Waals surface area contributed by atoms with E-state index in [1.165, 1.54) is 45.2 Å². The van der Waals surface area contributed by atoms with E-state index in [2.05, 4.69) is 20.4 Å². The number of carbonyl (C=O) groups excluding carboxylic acids is 1. The lowest BCUT2D eigenvalue weighted by Gasteiger charge is -2.44. The van der Waals surface area contributed by atoms with Crippen LogP contribution in [0, 0.1) is 5.92 Å². The molecule has 2 aliphatic rings. The maximum atomic E-state index is 12.7. The number of piperidine rings is 2. The van der Waals surface area contributed by atoms with Crippen molar-refractivity contribution >= 4 is 5.91 Å². The zero-order valence-corrected chi connectivity index (χ0v) is 17.2. The second-order valence-corrected chi connectivity index (χ2v) is 7.95. The topological polar surface area (TPSA) is 79.5 Å². The standard InChI is InChI=1S/C22H30N4O3/c1-28-20-9-8-15(12-21(20)29-2)17-13-18(25-24-17)22(27)23-14-16-6-5-11-26-10-4-3-7-19(16)26/h8-9,12-13,16,19H,3-7,10-11,14H2,1-2H3,(H,23,27)(H,24,25)/t16-,19+/m1/s1. The molecule has 1 amide bonds. The molecule has 3 heterocycles. The maximum Gasteiger partial charge on any atom is 0.269 e. The van der Waals surface area contributed by atoms with Crippen molar-refractivity contribution in [2.24, 2.45) is 5.92 Å². The number of aromatic nitrogens is 2. The highest BCUT2D eigenvalue weighted by Crippen LogP contribution is 2.32. The quantitative estimate of drug-likeness (QED) is 0.782. The SMILES string of the molecule is COc1ccc(-c2cc(C(=O)NC[C@H]3CCCN4CCCC[C@@H]34)[nH]n2)cc1OC. The third kappa shape index (κ3) is 4.24. The highest BCUT2D eigenvalue weighted by molar-refractivity contribution is 5.93. The molecule has 2 saturated heterocycles. The van der Waals surface area contributed by atoms with Crippen molar-refractivity contribution in [3.63, 3.8) is 0 Å². The molecule has 4 rings (SSSR count). The zero-order valence-electron chi connectivity index (χ0n) is 17.2. The summed E-state index contributed by atoms with van der Waals surface area (Å²) < 4.78 is 10.6. The number of hydrogen-bond donors (Lipinski definition) is 2. The molecule has 1 aromatic heterocycles. The summed E-state index contributed by atoms with van der Waals surface area (Å²) in [6, 6.07) is 8.00. The van der Waals surface area contributed by atoms with Crippen LogP contribution in [0.3, 0.4) is 0 Å². The van der Waals surface area contributed by atoms with Crippen molar-refractivity contribution in [1.29, 1.82) is 0 Å². The van der Waals surface area contributed by atoms with Gasteiger partial charge in [-0.05, 0) is 69.0 Å². The molecular weight excluding hydrogens is 368 g/mol. The first-order valence-corrected chi connectivity index (χ1v) is 10.5. The lowest BCUT2D eigenvalue weighted by Crippen LogP contribution is -2.51. The van der Waals surface area contributed by atoms with Gasteiger partial charge in [0.1, 0.15) is 5.69 Å². The Labute approximate surface area is 171 Å². The fourth-order valence-corrected chi connectivity index (χ4v) is 4.72. The molecule has 156 valence electrons. The first kappa shape index (κ1) is 19.8. The van der Waals surface area contributed by atoms with Gasteiger partial charge in [-0.15, -0.1) is 0 Å². The van der Waals surface area contributed by atoms with Gasteiger partial charge in [0.05, 0.1) is 19.9 Å². The second kappa shape index (κ2) is 8.86. The number of methoxy groups -OCH3 is 2. The van der Waals surface area contributed by atoms with E-state index in [0.29, 0.717) is 34.8 Å². The summed E-state index contributed by atoms with van der Waals surface area (Å²) in [5.74, 6) is 1.74. The van der Waals surface area contributed by atoms with Crippen LogP contribution in [-0.2, 0) is 0 Å². The van der Waals surface area contributed by atoms with Gasteiger partial charge in [-0.1, -0.05) is 6.42 Å². The van der Waals surface area contributed by atoms with Crippen LogP contribution in [0.2, 0.25) is 0 Å². The molecule has 0 bridgehead atoms. The Morgan fingerprint density at radius 3 is 2.79 bits per heavy atom. The van der Waals surface area contributed by atoms with Crippen LogP contribution < -0.4 is 14.8 Å². The van der Waals surface area contributed by atoms with Crippen LogP contribution in [0.1, 0.15) is 42.6 Å². The van der Waals surface area contributed by atoms with Crippen molar-refractivity contribution < 1.29 is 14.3 Å². The fourth-order valence-electron chi connectivity index (χ4n) is 4.72. The minimum Gasteiger partial charge on any atom is -0.493 e. The summed E-state index contributed by atoms with van der Waals surface area (Å²) in [6.07, 6.45) is 6.30. The van der Waals surface area contributed by atoms with E-state index >= 15 is 0 Å². The highest BCUT2D eigenvalue weighted by atomic mass is 16.5. The van der Waals surface area contributed by atoms with Gasteiger partial charge in [-0.25, -0.2) is 0 Å². The molecule has 2 aliphatic heterocycles. The predicted molar refractivity (Wildman–Crippen MR) is 111 cm³/mol. The zero-order chi connectivity index (χ0) is 20.2. The minimum atomic E-state index is -0.0999. The van der Waals surface area contributed by atoms with Crippen LogP contribution in [0.4, 0.5) is 0 Å². The second-order valence-electron chi connectivity index (χ2n) is 7.95. The van der Waals surface area contributed by atoms with E-state index in [9.17, 15) is 4.79 Å². The highest BCUT2D eigenvalue weighted by Gasteiger charge is 2.33. The van der Waals surface area contributed by atoms with Crippen molar-refractivity contribution in [3.8, 4) is 22.8 Å². The molecule has 2 N–H and O–H groups in total. The third-order valence-corrected chi connectivity index (χ3v) is 6.26. The van der Waals surface area contributed by atoms with E-state index in [-0.39, 0.29) is 5.91 Å². The van der Waals surface area contributed by atoms with Crippen LogP contribution in [-0.4, -0.2) is 60.9 Å². The molecule has 2 atom stereocenters. The van der Waals surface area contributed by atoms with Crippen LogP contribution in [0.15, 0.2) is 24.3 Å². The largest absolute Gasteiger partial charge is 0.493 e. The molecule has 0 saturated carbocycles. The van der Waals surface area contributed by atoms with Crippen molar-refractivity contribution in [3.05, 3.63) is 30.0 Å². The van der Waals surface area contributed by atoms with Gasteiger partial charge in [0.15, 0.2) is 11.5 Å². The van der Waals surface area contributed by atoms with Gasteiger partial charge >= 0.3 is 0 Å². The number of fused-ring (bicyclic) bond motifs is 1. The maximum absolute atomic E-state index is 12.7. The molecule has 2 aromatic rings. The average molecular weight is 399 g/mol. The van der Waals surface area contributed by atoms with Crippen molar-refractivity contribution in [2.75, 3.05) is 33.9 Å². The van der Waals surface area contributed by atoms with Gasteiger partial charge in [-0.2, -0.15) is 5.10 Å². The molecule has 0 spiro atoms. The molecule has 0 radical (unpaired) electrons. The summed E-state index contributed by atoms with van der Waals surface area (Å²) in [5, 5.41) is 10.3. The first-order valence-electron chi connectivity index (χ1n) is 10.5. The number of ether oxygens (including phenoxy) is 2. The van der Waals surface area contributed by atoms with Crippen LogP contribution >= 0.6 is 0 Å². The Morgan fingerprint density at radius 1 is 1.14 bits per heavy atom. The molecule has 29 heavy (non-hydrogen) atoms. The van der Waals surface area contributed by atoms with Crippen LogP contribution in [0.5, 0.6) is 11.5 Å². The van der Waals surface area contributed by atoms with Crippen LogP contribution in [0.25, 0.3) is 11.3 Å². The first-order chi connectivity index (χ1) is 14.2. The smallest absolute Gasteiger partial charge is 0.269 e. The summed E-state index contributed by atoms with van der Waals surface area (Å²) in [6.45, 7) is 3.15. The third-order valence-electron chi connectivity index (χ3n) is 6.26. The van der Waals surface area contributed by atoms with E-state index in [0.717, 1.165) is 12.1 Å². The van der Waals surface area contributed by atoms with Gasteiger partial charge in [0.25, 0.3) is 5.91 Å². The molecule has 7 nitrogen and oxygen atoms in total. The number of nitrogens with zero attached hydrogens (tertiary/aromatic N) is 2. The predicted octanol–water partition coefficient (Wildman–Crippen LogP) is 3.09. The molecule has 0 unspecified atom stereocenters. The Hall–Kier alpha value is -2.54. The van der Waals surface area contributed by atoms with E-state index in [1.807, 2.05) is 18.2 Å². The monoisotopic (exact) mass is 398 g/mol. The Bertz CT molecular complexity index is 848. The number of benzene rings is 1. The number of rotatable bonds is 6. The van der Waals surface area contributed by atoms with Crippen molar-refractivity contribution in [1.82, 2.24) is 20.4 Å². The summed E-state index contributed by atoms with van der Waals surface area (Å²) in [5.41, 5.74) is 2.04. The minimum absolute atomic E-state index is 0.0999. The number of hydrogen-bond acceptors (Lipinski definition) is 5. The average Bonchev–Trinajstić information content (AvgIpc) is 3.27. The van der Waals surface area contributed by atoms with E-state index in [1.54, 1.807) is 20.3 Å². The number of carbonyl (C=O) groups is 1. The van der Waals surface area contributed by atoms with E-state index < -0.39 is 0 Å². The van der Waals surface area contributed by atoms with Gasteiger partial charge in [0.2, 0.25) is 0 Å². The number of H-pyrrole nitrogens is 1. The lowest BCUT2D eigenvalue weighted by atomic mass is 9.83. The molecule has 2 fully saturated rings. The van der Waals surface area contributed by atoms with Gasteiger partial charge < -0.3 is 19.7 Å². The number of aromatic amines is 1. The normalized spacial score (nSPS) is 22.0. The van der Waals surface area contributed by atoms with Gasteiger partial charge in [-0.3, -0.25) is 9.89 Å².